The molecular weight excluding hydrogens is 214 g/mol. The summed E-state index contributed by atoms with van der Waals surface area (Å²) in [5.41, 5.74) is 1.15. The zero-order valence-corrected chi connectivity index (χ0v) is 10.4. The molecule has 1 saturated carbocycles. The molecule has 0 saturated heterocycles. The molecule has 0 atom stereocenters. The van der Waals surface area contributed by atoms with E-state index < -0.39 is 0 Å². The lowest BCUT2D eigenvalue weighted by molar-refractivity contribution is 0.146. The smallest absolute Gasteiger partial charge is 0.121 e. The minimum atomic E-state index is 0.600. The van der Waals surface area contributed by atoms with E-state index in [-0.39, 0.29) is 0 Å². The van der Waals surface area contributed by atoms with Crippen molar-refractivity contribution in [1.29, 1.82) is 0 Å². The standard InChI is InChI=1S/C14H21NO2/c1-16-8-9-17-14-7-3-6-13(10-14)15-11-12-4-2-5-12/h3,6-7,10,12,15H,2,4-5,8-9,11H2,1H3. The van der Waals surface area contributed by atoms with Crippen LogP contribution in [0.25, 0.3) is 0 Å². The van der Waals surface area contributed by atoms with Crippen LogP contribution in [-0.4, -0.2) is 26.9 Å². The first-order chi connectivity index (χ1) is 8.38. The van der Waals surface area contributed by atoms with Gasteiger partial charge in [0.1, 0.15) is 12.4 Å². The van der Waals surface area contributed by atoms with Gasteiger partial charge in [-0.05, 0) is 30.9 Å². The summed E-state index contributed by atoms with van der Waals surface area (Å²) in [5.74, 6) is 1.77. The lowest BCUT2D eigenvalue weighted by atomic mass is 9.85. The molecule has 0 unspecified atom stereocenters. The van der Waals surface area contributed by atoms with Crippen LogP contribution in [0.15, 0.2) is 24.3 Å². The Balaban J connectivity index is 1.78. The summed E-state index contributed by atoms with van der Waals surface area (Å²) in [6.45, 7) is 2.31. The van der Waals surface area contributed by atoms with Crippen molar-refractivity contribution >= 4 is 5.69 Å². The molecule has 0 radical (unpaired) electrons. The molecule has 0 aliphatic heterocycles. The number of ether oxygens (including phenoxy) is 2. The topological polar surface area (TPSA) is 30.5 Å². The molecule has 0 amide bonds. The monoisotopic (exact) mass is 235 g/mol. The summed E-state index contributed by atoms with van der Waals surface area (Å²) in [5, 5.41) is 3.47. The van der Waals surface area contributed by atoms with Crippen LogP contribution in [0, 0.1) is 5.92 Å². The van der Waals surface area contributed by atoms with Gasteiger partial charge in [-0.2, -0.15) is 0 Å². The highest BCUT2D eigenvalue weighted by Crippen LogP contribution is 2.27. The third-order valence-electron chi connectivity index (χ3n) is 3.21. The predicted molar refractivity (Wildman–Crippen MR) is 69.6 cm³/mol. The zero-order chi connectivity index (χ0) is 11.9. The minimum absolute atomic E-state index is 0.600. The fraction of sp³-hybridized carbons (Fsp3) is 0.571. The molecule has 17 heavy (non-hydrogen) atoms. The van der Waals surface area contributed by atoms with E-state index in [4.69, 9.17) is 9.47 Å². The maximum absolute atomic E-state index is 5.57. The van der Waals surface area contributed by atoms with Crippen molar-refractivity contribution in [2.45, 2.75) is 19.3 Å². The normalized spacial score (nSPS) is 15.4. The molecule has 1 aliphatic carbocycles. The van der Waals surface area contributed by atoms with Crippen LogP contribution in [0.1, 0.15) is 19.3 Å². The average molecular weight is 235 g/mol. The molecule has 3 nitrogen and oxygen atoms in total. The van der Waals surface area contributed by atoms with Gasteiger partial charge in [0.05, 0.1) is 6.61 Å². The van der Waals surface area contributed by atoms with Gasteiger partial charge < -0.3 is 14.8 Å². The van der Waals surface area contributed by atoms with Crippen molar-refractivity contribution in [1.82, 2.24) is 0 Å². The molecule has 2 rings (SSSR count). The van der Waals surface area contributed by atoms with Gasteiger partial charge in [-0.25, -0.2) is 0 Å². The molecule has 0 aromatic heterocycles. The average Bonchev–Trinajstić information content (AvgIpc) is 2.28. The lowest BCUT2D eigenvalue weighted by Gasteiger charge is -2.25. The largest absolute Gasteiger partial charge is 0.491 e. The van der Waals surface area contributed by atoms with Crippen LogP contribution in [0.3, 0.4) is 0 Å². The molecule has 1 N–H and O–H groups in total. The van der Waals surface area contributed by atoms with Crippen LogP contribution in [-0.2, 0) is 4.74 Å². The van der Waals surface area contributed by atoms with Gasteiger partial charge in [-0.1, -0.05) is 12.5 Å². The predicted octanol–water partition coefficient (Wildman–Crippen LogP) is 2.92. The van der Waals surface area contributed by atoms with E-state index in [0.717, 1.165) is 23.9 Å². The lowest BCUT2D eigenvalue weighted by Crippen LogP contribution is -2.20. The number of anilines is 1. The molecule has 0 bridgehead atoms. The molecule has 1 fully saturated rings. The Morgan fingerprint density at radius 1 is 1.29 bits per heavy atom. The Morgan fingerprint density at radius 3 is 2.88 bits per heavy atom. The van der Waals surface area contributed by atoms with Crippen molar-refractivity contribution in [2.24, 2.45) is 5.92 Å². The fourth-order valence-electron chi connectivity index (χ4n) is 1.90. The van der Waals surface area contributed by atoms with Crippen LogP contribution < -0.4 is 10.1 Å². The van der Waals surface area contributed by atoms with Crippen molar-refractivity contribution in [3.8, 4) is 5.75 Å². The Labute approximate surface area is 103 Å². The van der Waals surface area contributed by atoms with Gasteiger partial charge in [0.25, 0.3) is 0 Å². The summed E-state index contributed by atoms with van der Waals surface area (Å²) >= 11 is 0. The van der Waals surface area contributed by atoms with Crippen molar-refractivity contribution in [2.75, 3.05) is 32.2 Å². The van der Waals surface area contributed by atoms with Crippen LogP contribution >= 0.6 is 0 Å². The first kappa shape index (κ1) is 12.2. The minimum Gasteiger partial charge on any atom is -0.491 e. The Kier molecular flexibility index (Phi) is 4.68. The van der Waals surface area contributed by atoms with Crippen LogP contribution in [0.4, 0.5) is 5.69 Å². The molecule has 0 spiro atoms. The zero-order valence-electron chi connectivity index (χ0n) is 10.4. The van der Waals surface area contributed by atoms with Gasteiger partial charge in [0.2, 0.25) is 0 Å². The summed E-state index contributed by atoms with van der Waals surface area (Å²) < 4.78 is 10.5. The molecule has 3 heteroatoms. The summed E-state index contributed by atoms with van der Waals surface area (Å²) in [4.78, 5) is 0. The molecular formula is C14H21NO2. The Bertz CT molecular complexity index is 337. The highest BCUT2D eigenvalue weighted by Gasteiger charge is 2.16. The SMILES string of the molecule is COCCOc1cccc(NCC2CCC2)c1. The van der Waals surface area contributed by atoms with Gasteiger partial charge in [-0.3, -0.25) is 0 Å². The summed E-state index contributed by atoms with van der Waals surface area (Å²) in [6, 6.07) is 8.13. The maximum Gasteiger partial charge on any atom is 0.121 e. The highest BCUT2D eigenvalue weighted by molar-refractivity contribution is 5.48. The van der Waals surface area contributed by atoms with E-state index in [2.05, 4.69) is 11.4 Å². The van der Waals surface area contributed by atoms with Gasteiger partial charge >= 0.3 is 0 Å². The van der Waals surface area contributed by atoms with Gasteiger partial charge in [-0.15, -0.1) is 0 Å². The quantitative estimate of drug-likeness (QED) is 0.737. The summed E-state index contributed by atoms with van der Waals surface area (Å²) in [7, 11) is 1.68. The van der Waals surface area contributed by atoms with E-state index >= 15 is 0 Å². The second kappa shape index (κ2) is 6.50. The Hall–Kier alpha value is -1.22. The number of nitrogens with one attached hydrogen (secondary N) is 1. The van der Waals surface area contributed by atoms with E-state index in [9.17, 15) is 0 Å². The number of rotatable bonds is 7. The number of benzene rings is 1. The van der Waals surface area contributed by atoms with Crippen LogP contribution in [0.2, 0.25) is 0 Å². The third kappa shape index (κ3) is 3.93. The second-order valence-corrected chi connectivity index (χ2v) is 4.55. The maximum atomic E-state index is 5.57. The van der Waals surface area contributed by atoms with Crippen molar-refractivity contribution in [3.63, 3.8) is 0 Å². The molecule has 0 heterocycles. The van der Waals surface area contributed by atoms with E-state index in [1.54, 1.807) is 7.11 Å². The Morgan fingerprint density at radius 2 is 2.18 bits per heavy atom. The van der Waals surface area contributed by atoms with E-state index in [1.807, 2.05) is 18.2 Å². The number of hydrogen-bond donors (Lipinski definition) is 1. The molecule has 1 aromatic rings. The first-order valence-corrected chi connectivity index (χ1v) is 6.34. The van der Waals surface area contributed by atoms with Gasteiger partial charge in [0.15, 0.2) is 0 Å². The van der Waals surface area contributed by atoms with Crippen molar-refractivity contribution in [3.05, 3.63) is 24.3 Å². The highest BCUT2D eigenvalue weighted by atomic mass is 16.5. The van der Waals surface area contributed by atoms with E-state index in [0.29, 0.717) is 13.2 Å². The molecule has 1 aliphatic rings. The number of methoxy groups -OCH3 is 1. The van der Waals surface area contributed by atoms with E-state index in [1.165, 1.54) is 19.3 Å². The molecule has 94 valence electrons. The fourth-order valence-corrected chi connectivity index (χ4v) is 1.90. The van der Waals surface area contributed by atoms with Crippen LogP contribution in [0.5, 0.6) is 5.75 Å². The van der Waals surface area contributed by atoms with Gasteiger partial charge in [0, 0.05) is 25.4 Å². The third-order valence-corrected chi connectivity index (χ3v) is 3.21. The molecule has 1 aromatic carbocycles. The second-order valence-electron chi connectivity index (χ2n) is 4.55. The first-order valence-electron chi connectivity index (χ1n) is 6.34. The van der Waals surface area contributed by atoms with Crippen molar-refractivity contribution < 1.29 is 9.47 Å². The number of hydrogen-bond acceptors (Lipinski definition) is 3. The summed E-state index contributed by atoms with van der Waals surface area (Å²) in [6.07, 6.45) is 4.14.